The molecule has 1 saturated carbocycles. The van der Waals surface area contributed by atoms with Crippen molar-refractivity contribution in [2.45, 2.75) is 25.8 Å². The Hall–Kier alpha value is -3.09. The SMILES string of the molecule is CC(NC(=O)c1ccc(OCC(N)=O)cc1)c1ccc(OCC2CC2)c(F)c1. The normalized spacial score (nSPS) is 14.2. The Balaban J connectivity index is 1.57. The minimum absolute atomic E-state index is 0.228. The van der Waals surface area contributed by atoms with Crippen molar-refractivity contribution in [2.24, 2.45) is 11.7 Å². The maximum atomic E-state index is 14.2. The maximum Gasteiger partial charge on any atom is 0.255 e. The number of ether oxygens (including phenoxy) is 2. The molecule has 0 aliphatic heterocycles. The van der Waals surface area contributed by atoms with Crippen molar-refractivity contribution in [2.75, 3.05) is 13.2 Å². The number of benzene rings is 2. The molecule has 0 saturated heterocycles. The zero-order chi connectivity index (χ0) is 20.1. The third kappa shape index (κ3) is 5.45. The van der Waals surface area contributed by atoms with Gasteiger partial charge in [-0.1, -0.05) is 6.07 Å². The summed E-state index contributed by atoms with van der Waals surface area (Å²) in [7, 11) is 0. The first-order chi connectivity index (χ1) is 13.4. The zero-order valence-electron chi connectivity index (χ0n) is 15.6. The zero-order valence-corrected chi connectivity index (χ0v) is 15.6. The molecular weight excluding hydrogens is 363 g/mol. The third-order valence-electron chi connectivity index (χ3n) is 4.47. The molecule has 1 aliphatic carbocycles. The lowest BCUT2D eigenvalue weighted by atomic mass is 10.1. The van der Waals surface area contributed by atoms with Crippen molar-refractivity contribution in [1.29, 1.82) is 0 Å². The predicted octanol–water partition coefficient (Wildman–Crippen LogP) is 2.97. The van der Waals surface area contributed by atoms with E-state index in [2.05, 4.69) is 5.32 Å². The van der Waals surface area contributed by atoms with Crippen molar-refractivity contribution in [1.82, 2.24) is 5.32 Å². The molecule has 0 spiro atoms. The molecule has 7 heteroatoms. The molecule has 3 N–H and O–H groups in total. The van der Waals surface area contributed by atoms with Crippen LogP contribution in [0.5, 0.6) is 11.5 Å². The highest BCUT2D eigenvalue weighted by molar-refractivity contribution is 5.94. The van der Waals surface area contributed by atoms with E-state index in [0.717, 1.165) is 12.8 Å². The molecule has 0 aromatic heterocycles. The summed E-state index contributed by atoms with van der Waals surface area (Å²) in [4.78, 5) is 23.1. The van der Waals surface area contributed by atoms with Gasteiger partial charge < -0.3 is 20.5 Å². The van der Waals surface area contributed by atoms with Crippen LogP contribution in [0.25, 0.3) is 0 Å². The fourth-order valence-electron chi connectivity index (χ4n) is 2.62. The van der Waals surface area contributed by atoms with Gasteiger partial charge in [0.1, 0.15) is 5.75 Å². The van der Waals surface area contributed by atoms with Gasteiger partial charge in [-0.25, -0.2) is 4.39 Å². The van der Waals surface area contributed by atoms with Gasteiger partial charge in [-0.05, 0) is 67.6 Å². The van der Waals surface area contributed by atoms with Crippen LogP contribution in [-0.2, 0) is 4.79 Å². The van der Waals surface area contributed by atoms with E-state index in [-0.39, 0.29) is 24.3 Å². The molecule has 0 bridgehead atoms. The molecule has 0 radical (unpaired) electrons. The Morgan fingerprint density at radius 2 is 1.89 bits per heavy atom. The molecule has 1 unspecified atom stereocenters. The van der Waals surface area contributed by atoms with Gasteiger partial charge >= 0.3 is 0 Å². The number of rotatable bonds is 9. The summed E-state index contributed by atoms with van der Waals surface area (Å²) in [5.74, 6) is -0.0942. The molecule has 1 atom stereocenters. The molecular formula is C21H23FN2O4. The fraction of sp³-hybridized carbons (Fsp3) is 0.333. The summed E-state index contributed by atoms with van der Waals surface area (Å²) in [6.45, 7) is 2.10. The van der Waals surface area contributed by atoms with Crippen molar-refractivity contribution in [3.63, 3.8) is 0 Å². The molecule has 3 rings (SSSR count). The molecule has 0 heterocycles. The molecule has 148 valence electrons. The van der Waals surface area contributed by atoms with E-state index in [1.807, 2.05) is 0 Å². The third-order valence-corrected chi connectivity index (χ3v) is 4.47. The van der Waals surface area contributed by atoms with Crippen LogP contribution in [0.15, 0.2) is 42.5 Å². The minimum Gasteiger partial charge on any atom is -0.490 e. The minimum atomic E-state index is -0.577. The number of carbonyl (C=O) groups excluding carboxylic acids is 2. The van der Waals surface area contributed by atoms with Gasteiger partial charge in [0.15, 0.2) is 18.2 Å². The number of hydrogen-bond donors (Lipinski definition) is 2. The van der Waals surface area contributed by atoms with Crippen LogP contribution < -0.4 is 20.5 Å². The number of amides is 2. The lowest BCUT2D eigenvalue weighted by Gasteiger charge is -2.16. The van der Waals surface area contributed by atoms with Crippen LogP contribution in [0.1, 0.15) is 41.7 Å². The van der Waals surface area contributed by atoms with E-state index < -0.39 is 11.7 Å². The number of halogens is 1. The van der Waals surface area contributed by atoms with Crippen LogP contribution in [0, 0.1) is 11.7 Å². The molecule has 28 heavy (non-hydrogen) atoms. The molecule has 2 aromatic carbocycles. The average molecular weight is 386 g/mol. The predicted molar refractivity (Wildman–Crippen MR) is 102 cm³/mol. The quantitative estimate of drug-likeness (QED) is 0.693. The van der Waals surface area contributed by atoms with Gasteiger partial charge in [-0.2, -0.15) is 0 Å². The van der Waals surface area contributed by atoms with Crippen molar-refractivity contribution in [3.8, 4) is 11.5 Å². The fourth-order valence-corrected chi connectivity index (χ4v) is 2.62. The largest absolute Gasteiger partial charge is 0.490 e. The molecule has 1 aliphatic rings. The summed E-state index contributed by atoms with van der Waals surface area (Å²) >= 11 is 0. The van der Waals surface area contributed by atoms with Crippen LogP contribution in [0.3, 0.4) is 0 Å². The van der Waals surface area contributed by atoms with E-state index in [1.54, 1.807) is 43.3 Å². The van der Waals surface area contributed by atoms with Crippen LogP contribution in [0.4, 0.5) is 4.39 Å². The van der Waals surface area contributed by atoms with Gasteiger partial charge in [0.2, 0.25) is 0 Å². The summed E-state index contributed by atoms with van der Waals surface area (Å²) < 4.78 is 24.9. The second-order valence-electron chi connectivity index (χ2n) is 6.92. The summed E-state index contributed by atoms with van der Waals surface area (Å²) in [6.07, 6.45) is 2.28. The average Bonchev–Trinajstić information content (AvgIpc) is 3.50. The van der Waals surface area contributed by atoms with Crippen molar-refractivity contribution in [3.05, 3.63) is 59.4 Å². The maximum absolute atomic E-state index is 14.2. The topological polar surface area (TPSA) is 90.6 Å². The van der Waals surface area contributed by atoms with Crippen LogP contribution >= 0.6 is 0 Å². The summed E-state index contributed by atoms with van der Waals surface area (Å²) in [5, 5.41) is 2.83. The van der Waals surface area contributed by atoms with Gasteiger partial charge in [-0.15, -0.1) is 0 Å². The Morgan fingerprint density at radius 1 is 1.18 bits per heavy atom. The van der Waals surface area contributed by atoms with Gasteiger partial charge in [-0.3, -0.25) is 9.59 Å². The summed E-state index contributed by atoms with van der Waals surface area (Å²) in [5.41, 5.74) is 6.08. The van der Waals surface area contributed by atoms with Gasteiger partial charge in [0.05, 0.1) is 12.6 Å². The smallest absolute Gasteiger partial charge is 0.255 e. The highest BCUT2D eigenvalue weighted by Crippen LogP contribution is 2.30. The lowest BCUT2D eigenvalue weighted by Crippen LogP contribution is -2.26. The second kappa shape index (κ2) is 8.73. The number of nitrogens with one attached hydrogen (secondary N) is 1. The number of hydrogen-bond acceptors (Lipinski definition) is 4. The molecule has 1 fully saturated rings. The van der Waals surface area contributed by atoms with Crippen LogP contribution in [-0.4, -0.2) is 25.0 Å². The molecule has 2 amide bonds. The lowest BCUT2D eigenvalue weighted by molar-refractivity contribution is -0.119. The van der Waals surface area contributed by atoms with Crippen LogP contribution in [0.2, 0.25) is 0 Å². The van der Waals surface area contributed by atoms with E-state index >= 15 is 0 Å². The standard InChI is InChI=1S/C21H23FN2O4/c1-13(16-6-9-19(18(22)10-16)28-11-14-2-3-14)24-21(26)15-4-7-17(8-5-15)27-12-20(23)25/h4-10,13-14H,2-3,11-12H2,1H3,(H2,23,25)(H,24,26). The monoisotopic (exact) mass is 386 g/mol. The highest BCUT2D eigenvalue weighted by Gasteiger charge is 2.22. The summed E-state index contributed by atoms with van der Waals surface area (Å²) in [6, 6.07) is 10.7. The van der Waals surface area contributed by atoms with E-state index in [1.165, 1.54) is 6.07 Å². The number of carbonyl (C=O) groups is 2. The number of nitrogens with two attached hydrogens (primary N) is 1. The van der Waals surface area contributed by atoms with E-state index in [9.17, 15) is 14.0 Å². The Morgan fingerprint density at radius 3 is 2.50 bits per heavy atom. The number of primary amides is 1. The molecule has 2 aromatic rings. The first kappa shape index (κ1) is 19.7. The Bertz CT molecular complexity index is 850. The second-order valence-corrected chi connectivity index (χ2v) is 6.92. The van der Waals surface area contributed by atoms with E-state index in [4.69, 9.17) is 15.2 Å². The first-order valence-electron chi connectivity index (χ1n) is 9.16. The van der Waals surface area contributed by atoms with E-state index in [0.29, 0.717) is 29.4 Å². The first-order valence-corrected chi connectivity index (χ1v) is 9.16. The van der Waals surface area contributed by atoms with Gasteiger partial charge in [0.25, 0.3) is 11.8 Å². The van der Waals surface area contributed by atoms with Gasteiger partial charge in [0, 0.05) is 5.56 Å². The highest BCUT2D eigenvalue weighted by atomic mass is 19.1. The Labute approximate surface area is 162 Å². The molecule has 6 nitrogen and oxygen atoms in total. The van der Waals surface area contributed by atoms with Crippen molar-refractivity contribution < 1.29 is 23.5 Å². The van der Waals surface area contributed by atoms with Crippen molar-refractivity contribution >= 4 is 11.8 Å². The Kier molecular flexibility index (Phi) is 6.13.